The minimum atomic E-state index is 0.963. The molecule has 1 aliphatic rings. The third-order valence-electron chi connectivity index (χ3n) is 2.00. The summed E-state index contributed by atoms with van der Waals surface area (Å²) in [6, 6.07) is 0. The summed E-state index contributed by atoms with van der Waals surface area (Å²) in [7, 11) is 2.14. The van der Waals surface area contributed by atoms with Crippen LogP contribution >= 0.6 is 0 Å². The van der Waals surface area contributed by atoms with Crippen molar-refractivity contribution in [2.45, 2.75) is 13.3 Å². The van der Waals surface area contributed by atoms with Crippen molar-refractivity contribution in [1.82, 2.24) is 15.8 Å². The van der Waals surface area contributed by atoms with Gasteiger partial charge in [0.25, 0.3) is 0 Å². The Kier molecular flexibility index (Phi) is 3.39. The van der Waals surface area contributed by atoms with E-state index in [0.717, 1.165) is 26.1 Å². The third kappa shape index (κ3) is 2.91. The van der Waals surface area contributed by atoms with Gasteiger partial charge < -0.3 is 10.3 Å². The van der Waals surface area contributed by atoms with Crippen LogP contribution in [0.1, 0.15) is 13.3 Å². The van der Waals surface area contributed by atoms with Gasteiger partial charge in [-0.2, -0.15) is 0 Å². The summed E-state index contributed by atoms with van der Waals surface area (Å²) in [4.78, 5) is 2.31. The van der Waals surface area contributed by atoms with E-state index in [9.17, 15) is 0 Å². The second kappa shape index (κ2) is 4.36. The summed E-state index contributed by atoms with van der Waals surface area (Å²) in [6.07, 6.45) is 3.32. The number of hydrazine groups is 1. The van der Waals surface area contributed by atoms with E-state index in [1.807, 2.05) is 0 Å². The molecule has 0 saturated carbocycles. The monoisotopic (exact) mass is 155 g/mol. The summed E-state index contributed by atoms with van der Waals surface area (Å²) in [6.45, 7) is 5.40. The Balaban J connectivity index is 2.11. The smallest absolute Gasteiger partial charge is 0.0348 e. The van der Waals surface area contributed by atoms with Gasteiger partial charge in [-0.05, 0) is 19.7 Å². The van der Waals surface area contributed by atoms with Crippen LogP contribution in [0.25, 0.3) is 0 Å². The molecule has 0 fully saturated rings. The highest BCUT2D eigenvalue weighted by atomic mass is 15.4. The zero-order valence-electron chi connectivity index (χ0n) is 7.35. The Morgan fingerprint density at radius 3 is 3.00 bits per heavy atom. The van der Waals surface area contributed by atoms with Gasteiger partial charge in [0, 0.05) is 25.2 Å². The van der Waals surface area contributed by atoms with E-state index < -0.39 is 0 Å². The quantitative estimate of drug-likeness (QED) is 0.612. The van der Waals surface area contributed by atoms with Crippen LogP contribution in [0, 0.1) is 0 Å². The van der Waals surface area contributed by atoms with E-state index in [-0.39, 0.29) is 0 Å². The molecule has 0 aromatic rings. The zero-order valence-corrected chi connectivity index (χ0v) is 7.35. The van der Waals surface area contributed by atoms with Gasteiger partial charge in [-0.15, -0.1) is 0 Å². The standard InChI is InChI=1S/C8H17N3/c1-3-11(2)7-5-8-4-6-9-10-8/h4,9-10H,3,5-7H2,1-2H3. The lowest BCUT2D eigenvalue weighted by molar-refractivity contribution is 0.354. The van der Waals surface area contributed by atoms with E-state index in [4.69, 9.17) is 0 Å². The van der Waals surface area contributed by atoms with E-state index in [1.54, 1.807) is 0 Å². The molecule has 11 heavy (non-hydrogen) atoms. The normalized spacial score (nSPS) is 16.8. The molecule has 3 heteroatoms. The lowest BCUT2D eigenvalue weighted by atomic mass is 10.3. The van der Waals surface area contributed by atoms with Crippen LogP contribution in [0.5, 0.6) is 0 Å². The fourth-order valence-electron chi connectivity index (χ4n) is 1.02. The van der Waals surface area contributed by atoms with Crippen molar-refractivity contribution in [3.63, 3.8) is 0 Å². The molecule has 1 rings (SSSR count). The van der Waals surface area contributed by atoms with Gasteiger partial charge in [0.1, 0.15) is 0 Å². The van der Waals surface area contributed by atoms with Crippen molar-refractivity contribution in [3.8, 4) is 0 Å². The topological polar surface area (TPSA) is 27.3 Å². The maximum Gasteiger partial charge on any atom is 0.0348 e. The molecule has 0 aromatic heterocycles. The fraction of sp³-hybridized carbons (Fsp3) is 0.750. The molecule has 0 aliphatic carbocycles. The van der Waals surface area contributed by atoms with Crippen LogP contribution < -0.4 is 10.9 Å². The van der Waals surface area contributed by atoms with Crippen LogP contribution in [-0.2, 0) is 0 Å². The van der Waals surface area contributed by atoms with Gasteiger partial charge in [-0.1, -0.05) is 6.92 Å². The minimum Gasteiger partial charge on any atom is -0.326 e. The van der Waals surface area contributed by atoms with Crippen LogP contribution in [-0.4, -0.2) is 31.6 Å². The van der Waals surface area contributed by atoms with Gasteiger partial charge in [-0.25, -0.2) is 5.43 Å². The van der Waals surface area contributed by atoms with E-state index in [1.165, 1.54) is 5.70 Å². The first-order valence-electron chi connectivity index (χ1n) is 4.19. The van der Waals surface area contributed by atoms with Crippen LogP contribution in [0.4, 0.5) is 0 Å². The highest BCUT2D eigenvalue weighted by Gasteiger charge is 2.02. The summed E-state index contributed by atoms with van der Waals surface area (Å²) in [5.74, 6) is 0. The molecule has 0 spiro atoms. The molecule has 0 unspecified atom stereocenters. The zero-order chi connectivity index (χ0) is 8.10. The molecule has 0 radical (unpaired) electrons. The van der Waals surface area contributed by atoms with Gasteiger partial charge in [0.15, 0.2) is 0 Å². The Morgan fingerprint density at radius 2 is 2.45 bits per heavy atom. The van der Waals surface area contributed by atoms with Gasteiger partial charge >= 0.3 is 0 Å². The molecular formula is C8H17N3. The first kappa shape index (κ1) is 8.56. The predicted octanol–water partition coefficient (Wildman–Crippen LogP) is 0.320. The summed E-state index contributed by atoms with van der Waals surface area (Å²) in [5.41, 5.74) is 7.50. The molecule has 1 aliphatic heterocycles. The highest BCUT2D eigenvalue weighted by molar-refractivity contribution is 5.04. The molecule has 0 atom stereocenters. The van der Waals surface area contributed by atoms with Crippen molar-refractivity contribution < 1.29 is 0 Å². The lowest BCUT2D eigenvalue weighted by Crippen LogP contribution is -2.26. The molecule has 0 amide bonds. The summed E-state index contributed by atoms with van der Waals surface area (Å²) < 4.78 is 0. The summed E-state index contributed by atoms with van der Waals surface area (Å²) in [5, 5.41) is 0. The van der Waals surface area contributed by atoms with Crippen LogP contribution in [0.3, 0.4) is 0 Å². The number of nitrogens with zero attached hydrogens (tertiary/aromatic N) is 1. The van der Waals surface area contributed by atoms with Gasteiger partial charge in [-0.3, -0.25) is 0 Å². The average molecular weight is 155 g/mol. The molecule has 3 nitrogen and oxygen atoms in total. The number of nitrogens with one attached hydrogen (secondary N) is 2. The van der Waals surface area contributed by atoms with E-state index >= 15 is 0 Å². The van der Waals surface area contributed by atoms with Crippen molar-refractivity contribution in [2.75, 3.05) is 26.7 Å². The second-order valence-corrected chi connectivity index (χ2v) is 2.88. The lowest BCUT2D eigenvalue weighted by Gasteiger charge is -2.13. The molecule has 2 N–H and O–H groups in total. The average Bonchev–Trinajstić information content (AvgIpc) is 2.52. The van der Waals surface area contributed by atoms with Crippen molar-refractivity contribution in [3.05, 3.63) is 11.8 Å². The van der Waals surface area contributed by atoms with Crippen molar-refractivity contribution in [2.24, 2.45) is 0 Å². The molecular weight excluding hydrogens is 138 g/mol. The second-order valence-electron chi connectivity index (χ2n) is 2.88. The first-order valence-corrected chi connectivity index (χ1v) is 4.19. The molecule has 0 bridgehead atoms. The number of hydrogen-bond donors (Lipinski definition) is 2. The minimum absolute atomic E-state index is 0.963. The predicted molar refractivity (Wildman–Crippen MR) is 47.0 cm³/mol. The Morgan fingerprint density at radius 1 is 1.64 bits per heavy atom. The third-order valence-corrected chi connectivity index (χ3v) is 2.00. The largest absolute Gasteiger partial charge is 0.326 e. The van der Waals surface area contributed by atoms with E-state index in [0.29, 0.717) is 0 Å². The molecule has 0 saturated heterocycles. The van der Waals surface area contributed by atoms with Crippen molar-refractivity contribution >= 4 is 0 Å². The molecule has 1 heterocycles. The Hall–Kier alpha value is -0.540. The summed E-state index contributed by atoms with van der Waals surface area (Å²) >= 11 is 0. The van der Waals surface area contributed by atoms with Crippen molar-refractivity contribution in [1.29, 1.82) is 0 Å². The SMILES string of the molecule is CCN(C)CCC1=CCNN1. The number of rotatable bonds is 4. The highest BCUT2D eigenvalue weighted by Crippen LogP contribution is 1.99. The maximum atomic E-state index is 3.12. The van der Waals surface area contributed by atoms with Crippen LogP contribution in [0.2, 0.25) is 0 Å². The first-order chi connectivity index (χ1) is 5.33. The number of hydrogen-bond acceptors (Lipinski definition) is 3. The Labute approximate surface area is 68.4 Å². The Bertz CT molecular complexity index is 142. The fourth-order valence-corrected chi connectivity index (χ4v) is 1.02. The van der Waals surface area contributed by atoms with Gasteiger partial charge in [0.05, 0.1) is 0 Å². The molecule has 64 valence electrons. The maximum absolute atomic E-state index is 3.12. The van der Waals surface area contributed by atoms with Crippen LogP contribution in [0.15, 0.2) is 11.8 Å². The van der Waals surface area contributed by atoms with E-state index in [2.05, 4.69) is 35.8 Å². The van der Waals surface area contributed by atoms with Gasteiger partial charge in [0.2, 0.25) is 0 Å². The molecule has 0 aromatic carbocycles.